The Balaban J connectivity index is 2.42. The van der Waals surface area contributed by atoms with Crippen molar-refractivity contribution in [1.29, 1.82) is 0 Å². The Labute approximate surface area is 128 Å². The average molecular weight is 337 g/mol. The number of ether oxygens (including phenoxy) is 1. The van der Waals surface area contributed by atoms with Crippen LogP contribution in [0.3, 0.4) is 0 Å². The van der Waals surface area contributed by atoms with Crippen molar-refractivity contribution in [2.75, 3.05) is 12.4 Å². The average Bonchev–Trinajstić information content (AvgIpc) is 2.35. The lowest BCUT2D eigenvalue weighted by molar-refractivity contribution is -0.384. The van der Waals surface area contributed by atoms with Gasteiger partial charge in [-0.15, -0.1) is 0 Å². The summed E-state index contributed by atoms with van der Waals surface area (Å²) < 4.78 is 27.1. The molecule has 118 valence electrons. The van der Waals surface area contributed by atoms with Crippen molar-refractivity contribution in [2.24, 2.45) is 11.1 Å². The largest absolute Gasteiger partial charge is 0.494 e. The molecule has 0 aromatic heterocycles. The van der Waals surface area contributed by atoms with E-state index in [9.17, 15) is 18.5 Å². The van der Waals surface area contributed by atoms with Crippen LogP contribution in [0.2, 0.25) is 5.02 Å². The number of hydrogen-bond donors (Lipinski definition) is 1. The maximum Gasteiger partial charge on any atom is 0.288 e. The molecule has 7 nitrogen and oxygen atoms in total. The highest BCUT2D eigenvalue weighted by Crippen LogP contribution is 2.28. The van der Waals surface area contributed by atoms with Gasteiger partial charge in [0.1, 0.15) is 10.8 Å². The highest BCUT2D eigenvalue weighted by Gasteiger charge is 2.13. The Morgan fingerprint density at radius 1 is 1.43 bits per heavy atom. The minimum absolute atomic E-state index is 0.0137. The number of nitrogens with zero attached hydrogens (tertiary/aromatic N) is 1. The van der Waals surface area contributed by atoms with E-state index < -0.39 is 14.9 Å². The van der Waals surface area contributed by atoms with Gasteiger partial charge in [0, 0.05) is 12.1 Å². The fraction of sp³-hybridized carbons (Fsp3) is 0.500. The molecule has 0 aliphatic heterocycles. The fourth-order valence-corrected chi connectivity index (χ4v) is 2.58. The van der Waals surface area contributed by atoms with Crippen LogP contribution >= 0.6 is 11.6 Å². The minimum Gasteiger partial charge on any atom is -0.494 e. The van der Waals surface area contributed by atoms with Gasteiger partial charge in [-0.3, -0.25) is 10.1 Å². The van der Waals surface area contributed by atoms with Crippen molar-refractivity contribution >= 4 is 27.3 Å². The molecule has 0 aliphatic carbocycles. The van der Waals surface area contributed by atoms with Crippen LogP contribution in [-0.4, -0.2) is 25.7 Å². The molecule has 0 heterocycles. The third-order valence-corrected chi connectivity index (χ3v) is 4.00. The van der Waals surface area contributed by atoms with Gasteiger partial charge < -0.3 is 4.74 Å². The molecule has 0 fully saturated rings. The van der Waals surface area contributed by atoms with Gasteiger partial charge in [-0.25, -0.2) is 13.6 Å². The summed E-state index contributed by atoms with van der Waals surface area (Å²) in [5.74, 6) is 0.512. The molecule has 0 bridgehead atoms. The molecule has 1 aromatic rings. The van der Waals surface area contributed by atoms with E-state index in [-0.39, 0.29) is 22.4 Å². The first-order valence-corrected chi connectivity index (χ1v) is 8.35. The molecule has 21 heavy (non-hydrogen) atoms. The molecule has 9 heteroatoms. The van der Waals surface area contributed by atoms with Crippen LogP contribution in [0.25, 0.3) is 0 Å². The second kappa shape index (κ2) is 7.58. The van der Waals surface area contributed by atoms with Crippen LogP contribution in [0.15, 0.2) is 18.2 Å². The Bertz CT molecular complexity index is 606. The Kier molecular flexibility index (Phi) is 6.38. The van der Waals surface area contributed by atoms with Crippen molar-refractivity contribution < 1.29 is 18.1 Å². The first-order valence-electron chi connectivity index (χ1n) is 6.26. The van der Waals surface area contributed by atoms with Crippen molar-refractivity contribution in [3.63, 3.8) is 0 Å². The van der Waals surface area contributed by atoms with E-state index in [1.165, 1.54) is 18.2 Å². The number of sulfonamides is 1. The molecule has 1 unspecified atom stereocenters. The summed E-state index contributed by atoms with van der Waals surface area (Å²) in [4.78, 5) is 10.0. The third kappa shape index (κ3) is 6.74. The van der Waals surface area contributed by atoms with Crippen molar-refractivity contribution in [2.45, 2.75) is 19.8 Å². The summed E-state index contributed by atoms with van der Waals surface area (Å²) in [6.45, 7) is 2.26. The lowest BCUT2D eigenvalue weighted by Crippen LogP contribution is -2.18. The minimum atomic E-state index is -3.44. The van der Waals surface area contributed by atoms with E-state index in [0.29, 0.717) is 25.2 Å². The second-order valence-corrected chi connectivity index (χ2v) is 6.91. The number of nitro benzene ring substituents is 1. The SMILES string of the molecule is CC(CCOc1ccc([N+](=O)[O-])c(Cl)c1)CCS(N)(=O)=O. The molecule has 0 radical (unpaired) electrons. The summed E-state index contributed by atoms with van der Waals surface area (Å²) in [7, 11) is -3.44. The van der Waals surface area contributed by atoms with Gasteiger partial charge in [0.25, 0.3) is 5.69 Å². The van der Waals surface area contributed by atoms with Crippen molar-refractivity contribution in [3.05, 3.63) is 33.3 Å². The molecule has 0 spiro atoms. The maximum absolute atomic E-state index is 10.8. The van der Waals surface area contributed by atoms with Crippen LogP contribution in [0.1, 0.15) is 19.8 Å². The third-order valence-electron chi connectivity index (χ3n) is 2.89. The number of hydrogen-bond acceptors (Lipinski definition) is 5. The number of primary sulfonamides is 1. The molecular formula is C12H17ClN2O5S. The van der Waals surface area contributed by atoms with Crippen molar-refractivity contribution in [3.8, 4) is 5.75 Å². The van der Waals surface area contributed by atoms with Crippen LogP contribution in [0, 0.1) is 16.0 Å². The topological polar surface area (TPSA) is 113 Å². The van der Waals surface area contributed by atoms with E-state index in [0.717, 1.165) is 0 Å². The van der Waals surface area contributed by atoms with Crippen LogP contribution in [0.5, 0.6) is 5.75 Å². The van der Waals surface area contributed by atoms with Gasteiger partial charge in [0.2, 0.25) is 10.0 Å². The fourth-order valence-electron chi connectivity index (χ4n) is 1.61. The van der Waals surface area contributed by atoms with Crippen molar-refractivity contribution in [1.82, 2.24) is 0 Å². The first-order chi connectivity index (χ1) is 9.69. The standard InChI is InChI=1S/C12H17ClN2O5S/c1-9(5-7-21(14,18)19)4-6-20-10-2-3-12(15(16)17)11(13)8-10/h2-3,8-9H,4-7H2,1H3,(H2,14,18,19). The molecule has 0 aliphatic rings. The predicted octanol–water partition coefficient (Wildman–Crippen LogP) is 2.33. The van der Waals surface area contributed by atoms with Crippen LogP contribution in [0.4, 0.5) is 5.69 Å². The monoisotopic (exact) mass is 336 g/mol. The lowest BCUT2D eigenvalue weighted by Gasteiger charge is -2.11. The van der Waals surface area contributed by atoms with E-state index in [1.54, 1.807) is 0 Å². The highest BCUT2D eigenvalue weighted by molar-refractivity contribution is 7.89. The zero-order valence-electron chi connectivity index (χ0n) is 11.5. The molecule has 1 rings (SSSR count). The molecule has 2 N–H and O–H groups in total. The zero-order valence-corrected chi connectivity index (χ0v) is 13.1. The van der Waals surface area contributed by atoms with Crippen LogP contribution in [-0.2, 0) is 10.0 Å². The first kappa shape index (κ1) is 17.7. The summed E-state index contributed by atoms with van der Waals surface area (Å²) in [5, 5.41) is 15.6. The zero-order chi connectivity index (χ0) is 16.0. The summed E-state index contributed by atoms with van der Waals surface area (Å²) in [6.07, 6.45) is 1.10. The normalized spacial score (nSPS) is 12.9. The number of nitro groups is 1. The van der Waals surface area contributed by atoms with Gasteiger partial charge >= 0.3 is 0 Å². The molecule has 1 aromatic carbocycles. The molecule has 0 saturated heterocycles. The van der Waals surface area contributed by atoms with Gasteiger partial charge in [0.15, 0.2) is 0 Å². The number of benzene rings is 1. The number of nitrogens with two attached hydrogens (primary N) is 1. The van der Waals surface area contributed by atoms with Crippen LogP contribution < -0.4 is 9.88 Å². The van der Waals surface area contributed by atoms with E-state index in [1.807, 2.05) is 6.92 Å². The smallest absolute Gasteiger partial charge is 0.288 e. The Hall–Kier alpha value is -1.38. The van der Waals surface area contributed by atoms with Gasteiger partial charge in [0.05, 0.1) is 17.3 Å². The van der Waals surface area contributed by atoms with Gasteiger partial charge in [-0.05, 0) is 24.8 Å². The highest BCUT2D eigenvalue weighted by atomic mass is 35.5. The molecular weight excluding hydrogens is 320 g/mol. The molecule has 1 atom stereocenters. The molecule has 0 saturated carbocycles. The van der Waals surface area contributed by atoms with Gasteiger partial charge in [-0.2, -0.15) is 0 Å². The van der Waals surface area contributed by atoms with E-state index >= 15 is 0 Å². The number of halogens is 1. The van der Waals surface area contributed by atoms with E-state index in [4.69, 9.17) is 21.5 Å². The quantitative estimate of drug-likeness (QED) is 0.578. The summed E-state index contributed by atoms with van der Waals surface area (Å²) in [6, 6.07) is 4.13. The summed E-state index contributed by atoms with van der Waals surface area (Å²) >= 11 is 5.76. The lowest BCUT2D eigenvalue weighted by atomic mass is 10.1. The number of rotatable bonds is 8. The molecule has 0 amide bonds. The second-order valence-electron chi connectivity index (χ2n) is 4.77. The van der Waals surface area contributed by atoms with Gasteiger partial charge in [-0.1, -0.05) is 18.5 Å². The van der Waals surface area contributed by atoms with E-state index in [2.05, 4.69) is 0 Å². The summed E-state index contributed by atoms with van der Waals surface area (Å²) in [5.41, 5.74) is -0.175. The predicted molar refractivity (Wildman–Crippen MR) is 80.0 cm³/mol. The Morgan fingerprint density at radius 2 is 2.10 bits per heavy atom. The Morgan fingerprint density at radius 3 is 2.62 bits per heavy atom. The maximum atomic E-state index is 10.8.